The summed E-state index contributed by atoms with van der Waals surface area (Å²) in [6.07, 6.45) is 1.55. The fourth-order valence-electron chi connectivity index (χ4n) is 1.82. The van der Waals surface area contributed by atoms with Crippen molar-refractivity contribution in [2.45, 2.75) is 6.54 Å². The molecular formula is C16H18N2O4S. The van der Waals surface area contributed by atoms with Gasteiger partial charge in [-0.05, 0) is 24.3 Å². The zero-order valence-corrected chi connectivity index (χ0v) is 13.5. The van der Waals surface area contributed by atoms with Crippen LogP contribution in [0.15, 0.2) is 47.1 Å². The van der Waals surface area contributed by atoms with Crippen molar-refractivity contribution in [3.05, 3.63) is 48.4 Å². The van der Waals surface area contributed by atoms with Crippen molar-refractivity contribution in [3.63, 3.8) is 0 Å². The molecule has 6 nitrogen and oxygen atoms in total. The number of para-hydroxylation sites is 2. The molecule has 0 aliphatic rings. The molecule has 1 aromatic heterocycles. The molecule has 0 fully saturated rings. The lowest BCUT2D eigenvalue weighted by molar-refractivity contribution is -0.118. The van der Waals surface area contributed by atoms with Crippen LogP contribution >= 0.6 is 11.8 Å². The fourth-order valence-corrected chi connectivity index (χ4v) is 2.47. The van der Waals surface area contributed by atoms with E-state index >= 15 is 0 Å². The molecule has 0 atom stereocenters. The average molecular weight is 334 g/mol. The molecule has 0 saturated heterocycles. The summed E-state index contributed by atoms with van der Waals surface area (Å²) in [6, 6.07) is 10.7. The van der Waals surface area contributed by atoms with Gasteiger partial charge in [0.2, 0.25) is 11.8 Å². The van der Waals surface area contributed by atoms with Crippen LogP contribution in [-0.2, 0) is 16.1 Å². The fraction of sp³-hybridized carbons (Fsp3) is 0.250. The number of nitrogens with one attached hydrogen (secondary N) is 2. The molecule has 2 N–H and O–H groups in total. The van der Waals surface area contributed by atoms with Crippen molar-refractivity contribution in [2.75, 3.05) is 23.9 Å². The van der Waals surface area contributed by atoms with Crippen LogP contribution in [-0.4, -0.2) is 30.4 Å². The van der Waals surface area contributed by atoms with Crippen LogP contribution in [0.4, 0.5) is 5.69 Å². The van der Waals surface area contributed by atoms with Crippen molar-refractivity contribution in [1.82, 2.24) is 5.32 Å². The molecule has 0 saturated carbocycles. The third-order valence-corrected chi connectivity index (χ3v) is 3.82. The van der Waals surface area contributed by atoms with E-state index < -0.39 is 0 Å². The number of anilines is 1. The first-order valence-electron chi connectivity index (χ1n) is 6.98. The van der Waals surface area contributed by atoms with Crippen molar-refractivity contribution in [3.8, 4) is 5.75 Å². The number of furan rings is 1. The zero-order chi connectivity index (χ0) is 16.5. The second-order valence-corrected chi connectivity index (χ2v) is 5.58. The van der Waals surface area contributed by atoms with Gasteiger partial charge in [-0.15, -0.1) is 11.8 Å². The van der Waals surface area contributed by atoms with Crippen LogP contribution in [0.25, 0.3) is 0 Å². The molecule has 0 aliphatic carbocycles. The maximum Gasteiger partial charge on any atom is 0.234 e. The predicted molar refractivity (Wildman–Crippen MR) is 89.5 cm³/mol. The van der Waals surface area contributed by atoms with E-state index in [1.54, 1.807) is 37.6 Å². The second kappa shape index (κ2) is 8.89. The molecule has 0 radical (unpaired) electrons. The molecule has 122 valence electrons. The van der Waals surface area contributed by atoms with Gasteiger partial charge in [-0.1, -0.05) is 12.1 Å². The van der Waals surface area contributed by atoms with Gasteiger partial charge in [-0.2, -0.15) is 0 Å². The number of carbonyl (C=O) groups excluding carboxylic acids is 2. The highest BCUT2D eigenvalue weighted by Crippen LogP contribution is 2.23. The Bertz CT molecular complexity index is 643. The largest absolute Gasteiger partial charge is 0.495 e. The van der Waals surface area contributed by atoms with E-state index in [-0.39, 0.29) is 23.3 Å². The summed E-state index contributed by atoms with van der Waals surface area (Å²) >= 11 is 1.24. The Morgan fingerprint density at radius 3 is 2.65 bits per heavy atom. The number of ether oxygens (including phenoxy) is 1. The summed E-state index contributed by atoms with van der Waals surface area (Å²) in [5.74, 6) is 1.36. The van der Waals surface area contributed by atoms with Gasteiger partial charge >= 0.3 is 0 Å². The minimum atomic E-state index is -0.182. The second-order valence-electron chi connectivity index (χ2n) is 4.60. The van der Waals surface area contributed by atoms with E-state index in [4.69, 9.17) is 9.15 Å². The number of benzene rings is 1. The lowest BCUT2D eigenvalue weighted by atomic mass is 10.3. The first-order valence-corrected chi connectivity index (χ1v) is 8.14. The van der Waals surface area contributed by atoms with Gasteiger partial charge in [-0.3, -0.25) is 9.59 Å². The smallest absolute Gasteiger partial charge is 0.234 e. The normalized spacial score (nSPS) is 10.1. The number of rotatable bonds is 8. The summed E-state index contributed by atoms with van der Waals surface area (Å²) in [4.78, 5) is 23.5. The number of amides is 2. The van der Waals surface area contributed by atoms with E-state index in [2.05, 4.69) is 10.6 Å². The maximum absolute atomic E-state index is 11.9. The highest BCUT2D eigenvalue weighted by Gasteiger charge is 2.09. The minimum Gasteiger partial charge on any atom is -0.495 e. The zero-order valence-electron chi connectivity index (χ0n) is 12.7. The van der Waals surface area contributed by atoms with E-state index in [9.17, 15) is 9.59 Å². The van der Waals surface area contributed by atoms with Crippen molar-refractivity contribution < 1.29 is 18.7 Å². The van der Waals surface area contributed by atoms with Crippen LogP contribution in [0.1, 0.15) is 5.76 Å². The lowest BCUT2D eigenvalue weighted by Crippen LogP contribution is -2.25. The number of methoxy groups -OCH3 is 1. The van der Waals surface area contributed by atoms with Crippen LogP contribution < -0.4 is 15.4 Å². The SMILES string of the molecule is COc1ccccc1NC(=O)CSCC(=O)NCc1ccco1. The third-order valence-electron chi connectivity index (χ3n) is 2.89. The van der Waals surface area contributed by atoms with E-state index in [0.717, 1.165) is 0 Å². The lowest BCUT2D eigenvalue weighted by Gasteiger charge is -2.09. The van der Waals surface area contributed by atoms with E-state index in [1.807, 2.05) is 12.1 Å². The number of hydrogen-bond donors (Lipinski definition) is 2. The Morgan fingerprint density at radius 2 is 1.91 bits per heavy atom. The first kappa shape index (κ1) is 17.0. The van der Waals surface area contributed by atoms with Gasteiger partial charge in [0.25, 0.3) is 0 Å². The molecule has 1 aromatic carbocycles. The van der Waals surface area contributed by atoms with Gasteiger partial charge in [-0.25, -0.2) is 0 Å². The Balaban J connectivity index is 1.67. The molecule has 1 heterocycles. The molecule has 0 bridgehead atoms. The average Bonchev–Trinajstić information content (AvgIpc) is 3.07. The van der Waals surface area contributed by atoms with Gasteiger partial charge in [0.05, 0.1) is 37.1 Å². The monoisotopic (exact) mass is 334 g/mol. The van der Waals surface area contributed by atoms with Crippen molar-refractivity contribution in [1.29, 1.82) is 0 Å². The Hall–Kier alpha value is -2.41. The summed E-state index contributed by atoms with van der Waals surface area (Å²) in [7, 11) is 1.54. The Labute approximate surface area is 138 Å². The van der Waals surface area contributed by atoms with Gasteiger partial charge in [0.15, 0.2) is 0 Å². The number of hydrogen-bond acceptors (Lipinski definition) is 5. The Morgan fingerprint density at radius 1 is 1.13 bits per heavy atom. The molecule has 2 aromatic rings. The Kier molecular flexibility index (Phi) is 6.56. The molecule has 7 heteroatoms. The quantitative estimate of drug-likeness (QED) is 0.774. The predicted octanol–water partition coefficient (Wildman–Crippen LogP) is 2.28. The maximum atomic E-state index is 11.9. The van der Waals surface area contributed by atoms with Crippen LogP contribution in [0.5, 0.6) is 5.75 Å². The highest BCUT2D eigenvalue weighted by molar-refractivity contribution is 8.00. The molecular weight excluding hydrogens is 316 g/mol. The van der Waals surface area contributed by atoms with E-state index in [1.165, 1.54) is 11.8 Å². The van der Waals surface area contributed by atoms with Crippen molar-refractivity contribution in [2.24, 2.45) is 0 Å². The molecule has 23 heavy (non-hydrogen) atoms. The minimum absolute atomic E-state index is 0.142. The molecule has 2 rings (SSSR count). The highest BCUT2D eigenvalue weighted by atomic mass is 32.2. The number of carbonyl (C=O) groups is 2. The van der Waals surface area contributed by atoms with Crippen LogP contribution in [0.3, 0.4) is 0 Å². The van der Waals surface area contributed by atoms with Gasteiger partial charge < -0.3 is 19.8 Å². The summed E-state index contributed by atoms with van der Waals surface area (Å²) in [5, 5.41) is 5.48. The van der Waals surface area contributed by atoms with Gasteiger partial charge in [0.1, 0.15) is 11.5 Å². The first-order chi connectivity index (χ1) is 11.2. The molecule has 0 unspecified atom stereocenters. The van der Waals surface area contributed by atoms with Crippen LogP contribution in [0, 0.1) is 0 Å². The van der Waals surface area contributed by atoms with E-state index in [0.29, 0.717) is 23.7 Å². The topological polar surface area (TPSA) is 80.6 Å². The number of thioether (sulfide) groups is 1. The summed E-state index contributed by atoms with van der Waals surface area (Å²) < 4.78 is 10.3. The third kappa shape index (κ3) is 5.71. The summed E-state index contributed by atoms with van der Waals surface area (Å²) in [5.41, 5.74) is 0.614. The molecule has 2 amide bonds. The standard InChI is InChI=1S/C16H18N2O4S/c1-21-14-7-3-2-6-13(14)18-16(20)11-23-10-15(19)17-9-12-5-4-8-22-12/h2-8H,9-11H2,1H3,(H,17,19)(H,18,20). The molecule has 0 aliphatic heterocycles. The summed E-state index contributed by atoms with van der Waals surface area (Å²) in [6.45, 7) is 0.347. The van der Waals surface area contributed by atoms with Crippen molar-refractivity contribution >= 4 is 29.3 Å². The van der Waals surface area contributed by atoms with Gasteiger partial charge in [0, 0.05) is 0 Å². The molecule has 0 spiro atoms. The van der Waals surface area contributed by atoms with Crippen LogP contribution in [0.2, 0.25) is 0 Å².